The first-order valence-corrected chi connectivity index (χ1v) is 8.78. The Bertz CT molecular complexity index is 961. The van der Waals surface area contributed by atoms with Crippen molar-refractivity contribution in [3.8, 4) is 5.75 Å². The Labute approximate surface area is 160 Å². The first-order valence-electron chi connectivity index (χ1n) is 8.78. The smallest absolute Gasteiger partial charge is 0.415 e. The van der Waals surface area contributed by atoms with Gasteiger partial charge < -0.3 is 23.6 Å². The van der Waals surface area contributed by atoms with E-state index in [1.54, 1.807) is 6.26 Å². The lowest BCUT2D eigenvalue weighted by Crippen LogP contribution is -2.30. The van der Waals surface area contributed by atoms with Crippen molar-refractivity contribution >= 4 is 12.1 Å². The maximum atomic E-state index is 11.6. The Kier molecular flexibility index (Phi) is 4.84. The van der Waals surface area contributed by atoms with Gasteiger partial charge in [-0.1, -0.05) is 12.1 Å². The third kappa shape index (κ3) is 3.90. The van der Waals surface area contributed by atoms with Crippen molar-refractivity contribution in [1.29, 1.82) is 0 Å². The van der Waals surface area contributed by atoms with Gasteiger partial charge in [0, 0.05) is 12.8 Å². The van der Waals surface area contributed by atoms with Crippen LogP contribution >= 0.6 is 0 Å². The van der Waals surface area contributed by atoms with Gasteiger partial charge in [-0.2, -0.15) is 0 Å². The molecule has 1 saturated heterocycles. The highest BCUT2D eigenvalue weighted by Gasteiger charge is 2.32. The summed E-state index contributed by atoms with van der Waals surface area (Å²) >= 11 is 0. The molecule has 1 aliphatic rings. The standard InChI is InChI=1S/C20H18N2O6/c1-12-18(21-11-26-12)17(10-15-3-2-8-25-15)27-14-6-4-13(5-7-14)9-16-19(23)28-20(24)22-16/h2-8,11,16-17H,9-10H2,1H3,(H,22,24). The highest BCUT2D eigenvalue weighted by Crippen LogP contribution is 2.27. The Morgan fingerprint density at radius 2 is 2.00 bits per heavy atom. The number of hydrogen-bond acceptors (Lipinski definition) is 7. The molecule has 28 heavy (non-hydrogen) atoms. The molecule has 144 valence electrons. The van der Waals surface area contributed by atoms with E-state index in [2.05, 4.69) is 15.0 Å². The van der Waals surface area contributed by atoms with Crippen molar-refractivity contribution in [2.75, 3.05) is 0 Å². The summed E-state index contributed by atoms with van der Waals surface area (Å²) in [5.74, 6) is 1.54. The number of carbonyl (C=O) groups is 2. The molecular formula is C20H18N2O6. The zero-order valence-electron chi connectivity index (χ0n) is 15.1. The van der Waals surface area contributed by atoms with E-state index < -0.39 is 18.1 Å². The van der Waals surface area contributed by atoms with Crippen LogP contribution in [0.5, 0.6) is 5.75 Å². The predicted octanol–water partition coefficient (Wildman–Crippen LogP) is 3.12. The quantitative estimate of drug-likeness (QED) is 0.494. The number of oxazole rings is 1. The van der Waals surface area contributed by atoms with E-state index in [-0.39, 0.29) is 6.10 Å². The fourth-order valence-corrected chi connectivity index (χ4v) is 3.06. The first-order chi connectivity index (χ1) is 13.6. The number of benzene rings is 1. The zero-order valence-corrected chi connectivity index (χ0v) is 15.1. The van der Waals surface area contributed by atoms with E-state index in [4.69, 9.17) is 13.6 Å². The number of nitrogens with zero attached hydrogens (tertiary/aromatic N) is 1. The highest BCUT2D eigenvalue weighted by atomic mass is 16.6. The van der Waals surface area contributed by atoms with Crippen LogP contribution in [0.25, 0.3) is 0 Å². The molecule has 0 spiro atoms. The van der Waals surface area contributed by atoms with Crippen LogP contribution in [0, 0.1) is 6.92 Å². The maximum Gasteiger partial charge on any atom is 0.415 e. The van der Waals surface area contributed by atoms with E-state index in [1.807, 2.05) is 43.3 Å². The average molecular weight is 382 g/mol. The number of ether oxygens (including phenoxy) is 2. The molecule has 8 heteroatoms. The lowest BCUT2D eigenvalue weighted by molar-refractivity contribution is -0.135. The molecule has 8 nitrogen and oxygen atoms in total. The van der Waals surface area contributed by atoms with Gasteiger partial charge in [0.15, 0.2) is 12.5 Å². The SMILES string of the molecule is Cc1ocnc1C(Cc1ccco1)Oc1ccc(CC2NC(=O)OC2=O)cc1. The molecule has 1 amide bonds. The summed E-state index contributed by atoms with van der Waals surface area (Å²) in [5.41, 5.74) is 1.58. The second-order valence-electron chi connectivity index (χ2n) is 6.44. The predicted molar refractivity (Wildman–Crippen MR) is 95.6 cm³/mol. The van der Waals surface area contributed by atoms with E-state index in [1.165, 1.54) is 6.39 Å². The molecule has 0 saturated carbocycles. The summed E-state index contributed by atoms with van der Waals surface area (Å²) in [7, 11) is 0. The molecule has 0 radical (unpaired) electrons. The zero-order chi connectivity index (χ0) is 19.5. The third-order valence-corrected chi connectivity index (χ3v) is 4.47. The summed E-state index contributed by atoms with van der Waals surface area (Å²) in [6.07, 6.45) is 2.77. The third-order valence-electron chi connectivity index (χ3n) is 4.47. The van der Waals surface area contributed by atoms with Crippen molar-refractivity contribution in [3.63, 3.8) is 0 Å². The lowest BCUT2D eigenvalue weighted by atomic mass is 10.1. The summed E-state index contributed by atoms with van der Waals surface area (Å²) in [4.78, 5) is 26.9. The molecule has 1 N–H and O–H groups in total. The summed E-state index contributed by atoms with van der Waals surface area (Å²) in [6.45, 7) is 1.83. The molecule has 2 aromatic heterocycles. The first kappa shape index (κ1) is 17.8. The summed E-state index contributed by atoms with van der Waals surface area (Å²) < 4.78 is 21.4. The minimum Gasteiger partial charge on any atom is -0.484 e. The molecule has 1 fully saturated rings. The molecule has 2 unspecified atom stereocenters. The molecule has 0 bridgehead atoms. The highest BCUT2D eigenvalue weighted by molar-refractivity contribution is 5.95. The van der Waals surface area contributed by atoms with Crippen LogP contribution < -0.4 is 10.1 Å². The minimum absolute atomic E-state index is 0.350. The second kappa shape index (κ2) is 7.59. The Morgan fingerprint density at radius 1 is 1.18 bits per heavy atom. The molecule has 1 aliphatic heterocycles. The molecular weight excluding hydrogens is 364 g/mol. The monoisotopic (exact) mass is 382 g/mol. The molecule has 1 aromatic carbocycles. The van der Waals surface area contributed by atoms with Crippen molar-refractivity contribution in [2.24, 2.45) is 0 Å². The van der Waals surface area contributed by atoms with Crippen molar-refractivity contribution in [3.05, 3.63) is 71.8 Å². The van der Waals surface area contributed by atoms with Crippen molar-refractivity contribution < 1.29 is 27.9 Å². The number of aromatic nitrogens is 1. The number of esters is 1. The van der Waals surface area contributed by atoms with E-state index >= 15 is 0 Å². The Hall–Kier alpha value is -3.55. The normalized spacial score (nSPS) is 17.2. The van der Waals surface area contributed by atoms with Crippen LogP contribution in [0.4, 0.5) is 4.79 Å². The van der Waals surface area contributed by atoms with Crippen LogP contribution in [-0.4, -0.2) is 23.1 Å². The maximum absolute atomic E-state index is 11.6. The number of cyclic esters (lactones) is 2. The molecule has 2 atom stereocenters. The fraction of sp³-hybridized carbons (Fsp3) is 0.250. The van der Waals surface area contributed by atoms with Crippen LogP contribution in [0.1, 0.15) is 28.9 Å². The van der Waals surface area contributed by atoms with Gasteiger partial charge in [-0.15, -0.1) is 0 Å². The Balaban J connectivity index is 1.47. The molecule has 4 rings (SSSR count). The van der Waals surface area contributed by atoms with Gasteiger partial charge in [0.1, 0.15) is 29.0 Å². The second-order valence-corrected chi connectivity index (χ2v) is 6.44. The van der Waals surface area contributed by atoms with E-state index in [0.717, 1.165) is 11.3 Å². The number of hydrogen-bond donors (Lipinski definition) is 1. The van der Waals surface area contributed by atoms with Crippen LogP contribution in [-0.2, 0) is 22.4 Å². The topological polar surface area (TPSA) is 104 Å². The van der Waals surface area contributed by atoms with Crippen molar-refractivity contribution in [1.82, 2.24) is 10.3 Å². The minimum atomic E-state index is -0.710. The number of carbonyl (C=O) groups excluding carboxylic acids is 2. The molecule has 3 aromatic rings. The lowest BCUT2D eigenvalue weighted by Gasteiger charge is -2.17. The van der Waals surface area contributed by atoms with Gasteiger partial charge in [0.05, 0.1) is 6.26 Å². The van der Waals surface area contributed by atoms with E-state index in [9.17, 15) is 9.59 Å². The average Bonchev–Trinajstić information content (AvgIpc) is 3.39. The fourth-order valence-electron chi connectivity index (χ4n) is 3.06. The molecule has 0 aliphatic carbocycles. The van der Waals surface area contributed by atoms with Gasteiger partial charge in [0.2, 0.25) is 0 Å². The van der Waals surface area contributed by atoms with Gasteiger partial charge in [0.25, 0.3) is 0 Å². The van der Waals surface area contributed by atoms with Crippen molar-refractivity contribution in [2.45, 2.75) is 31.9 Å². The number of alkyl carbamates (subject to hydrolysis) is 1. The summed E-state index contributed by atoms with van der Waals surface area (Å²) in [5, 5.41) is 2.48. The number of rotatable bonds is 7. The van der Waals surface area contributed by atoms with Crippen LogP contribution in [0.3, 0.4) is 0 Å². The van der Waals surface area contributed by atoms with Gasteiger partial charge in [-0.05, 0) is 36.8 Å². The van der Waals surface area contributed by atoms with Gasteiger partial charge in [-0.3, -0.25) is 0 Å². The number of nitrogens with one attached hydrogen (secondary N) is 1. The Morgan fingerprint density at radius 3 is 2.61 bits per heavy atom. The van der Waals surface area contributed by atoms with Gasteiger partial charge in [-0.25, -0.2) is 14.6 Å². The van der Waals surface area contributed by atoms with Gasteiger partial charge >= 0.3 is 12.1 Å². The number of aryl methyl sites for hydroxylation is 1. The van der Waals surface area contributed by atoms with E-state index in [0.29, 0.717) is 30.0 Å². The van der Waals surface area contributed by atoms with Crippen LogP contribution in [0.15, 0.2) is 57.9 Å². The summed E-state index contributed by atoms with van der Waals surface area (Å²) in [6, 6.07) is 10.3. The van der Waals surface area contributed by atoms with Crippen LogP contribution in [0.2, 0.25) is 0 Å². The molecule has 3 heterocycles. The number of amides is 1. The largest absolute Gasteiger partial charge is 0.484 e. The number of furan rings is 1.